The number of rotatable bonds is 4. The Morgan fingerprint density at radius 3 is 2.66 bits per heavy atom. The monoisotopic (exact) mass is 453 g/mol. The van der Waals surface area contributed by atoms with Gasteiger partial charge in [0.05, 0.1) is 6.21 Å². The Balaban J connectivity index is 1.44. The number of amides is 1. The van der Waals surface area contributed by atoms with Crippen molar-refractivity contribution in [3.05, 3.63) is 76.0 Å². The Morgan fingerprint density at radius 2 is 1.90 bits per heavy atom. The van der Waals surface area contributed by atoms with Crippen molar-refractivity contribution in [3.63, 3.8) is 0 Å². The Morgan fingerprint density at radius 1 is 1.17 bits per heavy atom. The fraction of sp³-hybridized carbons (Fsp3) is 0.182. The Kier molecular flexibility index (Phi) is 5.40. The number of aryl methyl sites for hydroxylation is 1. The highest BCUT2D eigenvalue weighted by Crippen LogP contribution is 2.30. The van der Waals surface area contributed by atoms with Gasteiger partial charge < -0.3 is 14.0 Å². The molecular formula is C22H20BrN3O3. The molecule has 3 aromatic rings. The molecule has 0 radical (unpaired) electrons. The molecule has 1 aliphatic rings. The van der Waals surface area contributed by atoms with Gasteiger partial charge in [-0.15, -0.1) is 0 Å². The van der Waals surface area contributed by atoms with Crippen LogP contribution in [-0.2, 0) is 4.79 Å². The zero-order chi connectivity index (χ0) is 20.4. The summed E-state index contributed by atoms with van der Waals surface area (Å²) in [7, 11) is 0. The van der Waals surface area contributed by atoms with Crippen molar-refractivity contribution in [2.75, 3.05) is 6.61 Å². The minimum absolute atomic E-state index is 0.149. The average molecular weight is 454 g/mol. The summed E-state index contributed by atoms with van der Waals surface area (Å²) >= 11 is 3.46. The number of hydrogen-bond acceptors (Lipinski definition) is 4. The van der Waals surface area contributed by atoms with Crippen LogP contribution in [0.1, 0.15) is 17.0 Å². The summed E-state index contributed by atoms with van der Waals surface area (Å²) in [5.74, 6) is 0.846. The normalized spacial score (nSPS) is 15.5. The molecule has 148 valence electrons. The van der Waals surface area contributed by atoms with Crippen LogP contribution >= 0.6 is 15.9 Å². The van der Waals surface area contributed by atoms with E-state index in [1.165, 1.54) is 0 Å². The van der Waals surface area contributed by atoms with Crippen LogP contribution in [0.4, 0.5) is 0 Å². The third kappa shape index (κ3) is 4.05. The van der Waals surface area contributed by atoms with E-state index in [0.29, 0.717) is 11.5 Å². The number of fused-ring (bicyclic) bond motifs is 1. The molecular weight excluding hydrogens is 434 g/mol. The van der Waals surface area contributed by atoms with Crippen LogP contribution in [0.5, 0.6) is 11.5 Å². The highest BCUT2D eigenvalue weighted by molar-refractivity contribution is 9.10. The van der Waals surface area contributed by atoms with Gasteiger partial charge in [-0.25, -0.2) is 5.43 Å². The van der Waals surface area contributed by atoms with Crippen LogP contribution in [0.3, 0.4) is 0 Å². The smallest absolute Gasteiger partial charge is 0.284 e. The molecule has 0 fully saturated rings. The summed E-state index contributed by atoms with van der Waals surface area (Å²) in [4.78, 5) is 12.4. The molecule has 1 aliphatic heterocycles. The number of ether oxygens (including phenoxy) is 2. The van der Waals surface area contributed by atoms with Gasteiger partial charge >= 0.3 is 0 Å². The first kappa shape index (κ1) is 19.3. The van der Waals surface area contributed by atoms with E-state index in [2.05, 4.69) is 31.0 Å². The molecule has 7 heteroatoms. The third-order valence-corrected chi connectivity index (χ3v) is 5.26. The first-order valence-electron chi connectivity index (χ1n) is 9.19. The van der Waals surface area contributed by atoms with Gasteiger partial charge in [0, 0.05) is 27.1 Å². The number of halogens is 1. The molecule has 0 saturated carbocycles. The molecule has 1 aromatic heterocycles. The van der Waals surface area contributed by atoms with Crippen LogP contribution in [0.25, 0.3) is 5.69 Å². The van der Waals surface area contributed by atoms with Crippen molar-refractivity contribution in [1.82, 2.24) is 9.99 Å². The van der Waals surface area contributed by atoms with E-state index in [0.717, 1.165) is 27.1 Å². The first-order chi connectivity index (χ1) is 14.0. The summed E-state index contributed by atoms with van der Waals surface area (Å²) in [6.07, 6.45) is 0.907. The second-order valence-corrected chi connectivity index (χ2v) is 7.65. The molecule has 1 atom stereocenters. The molecule has 0 saturated heterocycles. The molecule has 6 nitrogen and oxygen atoms in total. The number of nitrogens with one attached hydrogen (secondary N) is 1. The van der Waals surface area contributed by atoms with Crippen LogP contribution in [0, 0.1) is 13.8 Å². The van der Waals surface area contributed by atoms with E-state index < -0.39 is 6.10 Å². The van der Waals surface area contributed by atoms with Crippen molar-refractivity contribution in [1.29, 1.82) is 0 Å². The van der Waals surface area contributed by atoms with E-state index in [4.69, 9.17) is 9.47 Å². The maximum atomic E-state index is 12.4. The quantitative estimate of drug-likeness (QED) is 0.476. The van der Waals surface area contributed by atoms with Gasteiger partial charge in [-0.1, -0.05) is 28.1 Å². The zero-order valence-electron chi connectivity index (χ0n) is 16.1. The Hall–Kier alpha value is -3.06. The number of para-hydroxylation sites is 2. The van der Waals surface area contributed by atoms with Crippen LogP contribution in [-0.4, -0.2) is 29.4 Å². The minimum atomic E-state index is -0.739. The summed E-state index contributed by atoms with van der Waals surface area (Å²) in [5.41, 5.74) is 6.66. The van der Waals surface area contributed by atoms with Crippen LogP contribution < -0.4 is 14.9 Å². The van der Waals surface area contributed by atoms with Crippen molar-refractivity contribution in [2.24, 2.45) is 5.10 Å². The van der Waals surface area contributed by atoms with Crippen molar-refractivity contribution in [2.45, 2.75) is 20.0 Å². The summed E-state index contributed by atoms with van der Waals surface area (Å²) in [6.45, 7) is 4.21. The van der Waals surface area contributed by atoms with Gasteiger partial charge in [0.25, 0.3) is 5.91 Å². The molecule has 2 aromatic carbocycles. The van der Waals surface area contributed by atoms with Gasteiger partial charge in [0.15, 0.2) is 11.5 Å². The number of nitrogens with zero attached hydrogens (tertiary/aromatic N) is 2. The molecule has 0 unspecified atom stereocenters. The van der Waals surface area contributed by atoms with Gasteiger partial charge in [-0.05, 0) is 56.3 Å². The van der Waals surface area contributed by atoms with Crippen molar-refractivity contribution < 1.29 is 14.3 Å². The predicted octanol–water partition coefficient (Wildman–Crippen LogP) is 4.15. The van der Waals surface area contributed by atoms with Gasteiger partial charge in [0.2, 0.25) is 6.10 Å². The predicted molar refractivity (Wildman–Crippen MR) is 115 cm³/mol. The minimum Gasteiger partial charge on any atom is -0.485 e. The number of hydrazone groups is 1. The summed E-state index contributed by atoms with van der Waals surface area (Å²) in [5, 5.41) is 4.11. The Labute approximate surface area is 177 Å². The number of benzene rings is 2. The fourth-order valence-corrected chi connectivity index (χ4v) is 3.56. The number of carbonyl (C=O) groups is 1. The maximum Gasteiger partial charge on any atom is 0.284 e. The number of aromatic nitrogens is 1. The van der Waals surface area contributed by atoms with Crippen molar-refractivity contribution in [3.8, 4) is 17.2 Å². The second-order valence-electron chi connectivity index (χ2n) is 6.74. The van der Waals surface area contributed by atoms with Crippen LogP contribution in [0.15, 0.2) is 64.2 Å². The van der Waals surface area contributed by atoms with Crippen molar-refractivity contribution >= 4 is 28.1 Å². The molecule has 0 spiro atoms. The first-order valence-corrected chi connectivity index (χ1v) is 9.98. The molecule has 4 rings (SSSR count). The zero-order valence-corrected chi connectivity index (χ0v) is 17.6. The molecule has 1 N–H and O–H groups in total. The maximum absolute atomic E-state index is 12.4. The third-order valence-electron chi connectivity index (χ3n) is 4.73. The van der Waals surface area contributed by atoms with E-state index >= 15 is 0 Å². The van der Waals surface area contributed by atoms with Gasteiger partial charge in [-0.2, -0.15) is 5.10 Å². The van der Waals surface area contributed by atoms with E-state index in [1.807, 2.05) is 62.4 Å². The summed E-state index contributed by atoms with van der Waals surface area (Å²) < 4.78 is 14.4. The van der Waals surface area contributed by atoms with E-state index in [1.54, 1.807) is 12.3 Å². The fourth-order valence-electron chi connectivity index (χ4n) is 3.29. The van der Waals surface area contributed by atoms with E-state index in [9.17, 15) is 4.79 Å². The van der Waals surface area contributed by atoms with Gasteiger partial charge in [0.1, 0.15) is 6.61 Å². The number of hydrogen-bond donors (Lipinski definition) is 1. The molecule has 1 amide bonds. The van der Waals surface area contributed by atoms with Crippen LogP contribution in [0.2, 0.25) is 0 Å². The lowest BCUT2D eigenvalue weighted by Gasteiger charge is -2.24. The van der Waals surface area contributed by atoms with E-state index in [-0.39, 0.29) is 12.5 Å². The van der Waals surface area contributed by atoms with Gasteiger partial charge in [-0.3, -0.25) is 4.79 Å². The standard InChI is InChI=1S/C22H20BrN3O3/c1-14-11-16(15(2)26(14)18-9-7-17(23)8-10-18)12-24-25-22(27)21-13-28-19-5-3-4-6-20(19)29-21/h3-12,21H,13H2,1-2H3,(H,25,27)/b24-12-/t21-/m0/s1. The largest absolute Gasteiger partial charge is 0.485 e. The SMILES string of the molecule is Cc1cc(/C=N\NC(=O)[C@@H]2COc3ccccc3O2)c(C)n1-c1ccc(Br)cc1. The lowest BCUT2D eigenvalue weighted by Crippen LogP contribution is -2.42. The molecule has 0 bridgehead atoms. The number of carbonyl (C=O) groups excluding carboxylic acids is 1. The lowest BCUT2D eigenvalue weighted by molar-refractivity contribution is -0.130. The second kappa shape index (κ2) is 8.13. The molecule has 0 aliphatic carbocycles. The Bertz CT molecular complexity index is 1070. The lowest BCUT2D eigenvalue weighted by atomic mass is 10.2. The average Bonchev–Trinajstić information content (AvgIpc) is 3.01. The molecule has 2 heterocycles. The highest BCUT2D eigenvalue weighted by Gasteiger charge is 2.27. The topological polar surface area (TPSA) is 64.8 Å². The summed E-state index contributed by atoms with van der Waals surface area (Å²) in [6, 6.07) is 17.4. The molecule has 29 heavy (non-hydrogen) atoms. The highest BCUT2D eigenvalue weighted by atomic mass is 79.9.